The van der Waals surface area contributed by atoms with Gasteiger partial charge < -0.3 is 15.0 Å². The summed E-state index contributed by atoms with van der Waals surface area (Å²) in [6.45, 7) is 0.971. The van der Waals surface area contributed by atoms with Gasteiger partial charge in [0.05, 0.1) is 11.2 Å². The number of ether oxygens (including phenoxy) is 1. The molecule has 1 aromatic heterocycles. The minimum atomic E-state index is -0.0981. The second-order valence-electron chi connectivity index (χ2n) is 6.81. The van der Waals surface area contributed by atoms with Crippen molar-refractivity contribution in [3.8, 4) is 5.75 Å². The number of hydrogen-bond donors (Lipinski definition) is 1. The van der Waals surface area contributed by atoms with Crippen molar-refractivity contribution in [2.75, 3.05) is 20.6 Å². The number of likely N-dealkylation sites (N-methyl/N-ethyl adjacent to an activating group) is 1. The van der Waals surface area contributed by atoms with Gasteiger partial charge in [0.2, 0.25) is 0 Å². The third-order valence-corrected chi connectivity index (χ3v) is 5.14. The highest BCUT2D eigenvalue weighted by atomic mass is 32.1. The van der Waals surface area contributed by atoms with Gasteiger partial charge in [-0.3, -0.25) is 4.79 Å². The highest BCUT2D eigenvalue weighted by molar-refractivity contribution is 7.07. The summed E-state index contributed by atoms with van der Waals surface area (Å²) >= 11 is 1.54. The second kappa shape index (κ2) is 10.0. The van der Waals surface area contributed by atoms with Gasteiger partial charge in [0.15, 0.2) is 0 Å². The summed E-state index contributed by atoms with van der Waals surface area (Å²) in [6.07, 6.45) is 0.880. The molecule has 3 aromatic rings. The molecule has 28 heavy (non-hydrogen) atoms. The first-order valence-corrected chi connectivity index (χ1v) is 10.1. The predicted molar refractivity (Wildman–Crippen MR) is 113 cm³/mol. The van der Waals surface area contributed by atoms with E-state index >= 15 is 0 Å². The van der Waals surface area contributed by atoms with Crippen molar-refractivity contribution in [1.29, 1.82) is 0 Å². The molecule has 2 aromatic carbocycles. The Hall–Kier alpha value is -2.70. The van der Waals surface area contributed by atoms with Crippen molar-refractivity contribution in [2.45, 2.75) is 19.1 Å². The maximum atomic E-state index is 12.6. The van der Waals surface area contributed by atoms with Crippen LogP contribution in [0.5, 0.6) is 5.75 Å². The van der Waals surface area contributed by atoms with Crippen LogP contribution in [-0.2, 0) is 13.0 Å². The summed E-state index contributed by atoms with van der Waals surface area (Å²) in [5, 5.41) is 5.00. The largest absolute Gasteiger partial charge is 0.487 e. The van der Waals surface area contributed by atoms with Crippen LogP contribution in [0.1, 0.15) is 21.6 Å². The van der Waals surface area contributed by atoms with Gasteiger partial charge >= 0.3 is 0 Å². The lowest BCUT2D eigenvalue weighted by atomic mass is 10.0. The summed E-state index contributed by atoms with van der Waals surface area (Å²) in [6, 6.07) is 17.8. The second-order valence-corrected chi connectivity index (χ2v) is 7.53. The van der Waals surface area contributed by atoms with E-state index in [0.29, 0.717) is 24.5 Å². The van der Waals surface area contributed by atoms with Gasteiger partial charge in [-0.1, -0.05) is 36.4 Å². The number of aromatic nitrogens is 1. The van der Waals surface area contributed by atoms with E-state index in [1.54, 1.807) is 17.6 Å². The zero-order valence-electron chi connectivity index (χ0n) is 16.2. The molecule has 0 saturated heterocycles. The van der Waals surface area contributed by atoms with Crippen LogP contribution in [0.3, 0.4) is 0 Å². The van der Waals surface area contributed by atoms with E-state index in [9.17, 15) is 4.79 Å². The molecular formula is C22H25N3O2S. The molecule has 3 rings (SSSR count). The van der Waals surface area contributed by atoms with Crippen molar-refractivity contribution >= 4 is 17.2 Å². The van der Waals surface area contributed by atoms with Crippen LogP contribution in [-0.4, -0.2) is 42.5 Å². The Bertz CT molecular complexity index is 867. The zero-order valence-corrected chi connectivity index (χ0v) is 17.0. The molecule has 6 heteroatoms. The first-order valence-electron chi connectivity index (χ1n) is 9.20. The molecule has 1 heterocycles. The number of hydrogen-bond acceptors (Lipinski definition) is 5. The first kappa shape index (κ1) is 20.0. The van der Waals surface area contributed by atoms with Gasteiger partial charge in [0.1, 0.15) is 12.4 Å². The maximum absolute atomic E-state index is 12.6. The van der Waals surface area contributed by atoms with Gasteiger partial charge in [0, 0.05) is 23.5 Å². The molecule has 1 unspecified atom stereocenters. The van der Waals surface area contributed by atoms with E-state index in [-0.39, 0.29) is 11.9 Å². The number of amides is 1. The number of rotatable bonds is 9. The lowest BCUT2D eigenvalue weighted by Crippen LogP contribution is -2.41. The normalized spacial score (nSPS) is 12.0. The Morgan fingerprint density at radius 3 is 2.71 bits per heavy atom. The number of nitrogens with zero attached hydrogens (tertiary/aromatic N) is 2. The molecule has 0 spiro atoms. The highest BCUT2D eigenvalue weighted by Gasteiger charge is 2.15. The van der Waals surface area contributed by atoms with Crippen LogP contribution < -0.4 is 10.1 Å². The average molecular weight is 396 g/mol. The molecule has 0 fully saturated rings. The van der Waals surface area contributed by atoms with Crippen LogP contribution in [0.15, 0.2) is 65.5 Å². The van der Waals surface area contributed by atoms with Crippen LogP contribution >= 0.6 is 11.3 Å². The summed E-state index contributed by atoms with van der Waals surface area (Å²) in [5.74, 6) is 0.563. The number of nitrogens with one attached hydrogen (secondary N) is 1. The van der Waals surface area contributed by atoms with Gasteiger partial charge in [-0.05, 0) is 44.3 Å². The number of carbonyl (C=O) groups excluding carboxylic acids is 1. The molecule has 0 saturated carbocycles. The van der Waals surface area contributed by atoms with Crippen molar-refractivity contribution in [1.82, 2.24) is 15.2 Å². The minimum Gasteiger partial charge on any atom is -0.487 e. The van der Waals surface area contributed by atoms with Crippen LogP contribution in [0.25, 0.3) is 0 Å². The van der Waals surface area contributed by atoms with Gasteiger partial charge in [-0.25, -0.2) is 4.98 Å². The van der Waals surface area contributed by atoms with Gasteiger partial charge in [-0.15, -0.1) is 11.3 Å². The molecule has 0 aliphatic rings. The summed E-state index contributed by atoms with van der Waals surface area (Å²) in [5.41, 5.74) is 4.51. The van der Waals surface area contributed by atoms with Crippen LogP contribution in [0.2, 0.25) is 0 Å². The highest BCUT2D eigenvalue weighted by Crippen LogP contribution is 2.15. The van der Waals surface area contributed by atoms with E-state index < -0.39 is 0 Å². The SMILES string of the molecule is CN(C)C(CNC(=O)c1cccc(OCc2cscn2)c1)Cc1ccccc1. The van der Waals surface area contributed by atoms with Gasteiger partial charge in [-0.2, -0.15) is 0 Å². The molecule has 0 bridgehead atoms. The van der Waals surface area contributed by atoms with Crippen molar-refractivity contribution in [3.05, 3.63) is 82.3 Å². The van der Waals surface area contributed by atoms with E-state index in [0.717, 1.165) is 12.1 Å². The third-order valence-electron chi connectivity index (χ3n) is 4.51. The fraction of sp³-hybridized carbons (Fsp3) is 0.273. The fourth-order valence-electron chi connectivity index (χ4n) is 2.83. The Balaban J connectivity index is 1.56. The smallest absolute Gasteiger partial charge is 0.251 e. The molecule has 0 aliphatic heterocycles. The minimum absolute atomic E-state index is 0.0981. The Morgan fingerprint density at radius 2 is 2.00 bits per heavy atom. The monoisotopic (exact) mass is 395 g/mol. The fourth-order valence-corrected chi connectivity index (χ4v) is 3.37. The standard InChI is InChI=1S/C22H25N3O2S/c1-25(2)20(11-17-7-4-3-5-8-17)13-23-22(26)18-9-6-10-21(12-18)27-14-19-15-28-16-24-19/h3-10,12,15-16,20H,11,13-14H2,1-2H3,(H,23,26). The van der Waals surface area contributed by atoms with Gasteiger partial charge in [0.25, 0.3) is 5.91 Å². The third kappa shape index (κ3) is 5.90. The molecule has 146 valence electrons. The molecule has 1 atom stereocenters. The lowest BCUT2D eigenvalue weighted by Gasteiger charge is -2.25. The Morgan fingerprint density at radius 1 is 1.18 bits per heavy atom. The Kier molecular flexibility index (Phi) is 7.17. The average Bonchev–Trinajstić information content (AvgIpc) is 3.24. The molecular weight excluding hydrogens is 370 g/mol. The molecule has 1 amide bonds. The number of benzene rings is 2. The number of thiazole rings is 1. The molecule has 1 N–H and O–H groups in total. The summed E-state index contributed by atoms with van der Waals surface area (Å²) < 4.78 is 5.74. The van der Waals surface area contributed by atoms with Crippen molar-refractivity contribution in [3.63, 3.8) is 0 Å². The van der Waals surface area contributed by atoms with Crippen molar-refractivity contribution < 1.29 is 9.53 Å². The molecule has 0 radical (unpaired) electrons. The summed E-state index contributed by atoms with van der Waals surface area (Å²) in [7, 11) is 4.07. The first-order chi connectivity index (χ1) is 13.6. The van der Waals surface area contributed by atoms with E-state index in [1.165, 1.54) is 16.9 Å². The predicted octanol–water partition coefficient (Wildman–Crippen LogP) is 3.62. The Labute approximate surface area is 170 Å². The van der Waals surface area contributed by atoms with Crippen LogP contribution in [0, 0.1) is 0 Å². The van der Waals surface area contributed by atoms with Crippen LogP contribution in [0.4, 0.5) is 0 Å². The van der Waals surface area contributed by atoms with E-state index in [2.05, 4.69) is 27.3 Å². The quantitative estimate of drug-likeness (QED) is 0.601. The van der Waals surface area contributed by atoms with E-state index in [1.807, 2.05) is 49.8 Å². The van der Waals surface area contributed by atoms with E-state index in [4.69, 9.17) is 4.74 Å². The molecule has 0 aliphatic carbocycles. The topological polar surface area (TPSA) is 54.5 Å². The molecule has 5 nitrogen and oxygen atoms in total. The number of carbonyl (C=O) groups is 1. The lowest BCUT2D eigenvalue weighted by molar-refractivity contribution is 0.0941. The summed E-state index contributed by atoms with van der Waals surface area (Å²) in [4.78, 5) is 19.0. The zero-order chi connectivity index (χ0) is 19.8. The van der Waals surface area contributed by atoms with Crippen molar-refractivity contribution in [2.24, 2.45) is 0 Å². The maximum Gasteiger partial charge on any atom is 0.251 e.